The lowest BCUT2D eigenvalue weighted by Gasteiger charge is -2.26. The first-order valence-electron chi connectivity index (χ1n) is 6.75. The minimum absolute atomic E-state index is 0.101. The molecule has 114 valence electrons. The summed E-state index contributed by atoms with van der Waals surface area (Å²) in [6, 6.07) is 7.47. The molecule has 1 atom stereocenters. The summed E-state index contributed by atoms with van der Waals surface area (Å²) in [5, 5.41) is 7.87. The number of hydrogen-bond donors (Lipinski definition) is 1. The highest BCUT2D eigenvalue weighted by Crippen LogP contribution is 2.33. The van der Waals surface area contributed by atoms with Gasteiger partial charge in [-0.25, -0.2) is 0 Å². The quantitative estimate of drug-likeness (QED) is 0.902. The van der Waals surface area contributed by atoms with Crippen LogP contribution >= 0.6 is 11.6 Å². The fourth-order valence-corrected chi connectivity index (χ4v) is 2.26. The number of nitrogens with one attached hydrogen (secondary N) is 1. The second-order valence-corrected chi connectivity index (χ2v) is 6.33. The van der Waals surface area contributed by atoms with Gasteiger partial charge in [-0.1, -0.05) is 43.6 Å². The van der Waals surface area contributed by atoms with E-state index in [2.05, 4.69) is 36.2 Å². The second kappa shape index (κ2) is 6.45. The number of benzene rings is 1. The van der Waals surface area contributed by atoms with Gasteiger partial charge in [0.25, 0.3) is 0 Å². The number of aromatic nitrogens is 2. The number of nitrogens with zero attached hydrogens (tertiary/aromatic N) is 2. The molecule has 1 heterocycles. The van der Waals surface area contributed by atoms with Gasteiger partial charge in [-0.2, -0.15) is 4.98 Å². The molecular weight excluding hydrogens is 290 g/mol. The number of ether oxygens (including phenoxy) is 1. The van der Waals surface area contributed by atoms with E-state index in [9.17, 15) is 0 Å². The van der Waals surface area contributed by atoms with Gasteiger partial charge in [-0.3, -0.25) is 0 Å². The molecule has 0 spiro atoms. The molecule has 0 radical (unpaired) electrons. The van der Waals surface area contributed by atoms with Gasteiger partial charge in [0.15, 0.2) is 0 Å². The van der Waals surface area contributed by atoms with Crippen molar-refractivity contribution in [3.8, 4) is 0 Å². The normalized spacial score (nSPS) is 13.2. The minimum Gasteiger partial charge on any atom is -0.376 e. The summed E-state index contributed by atoms with van der Waals surface area (Å²) in [7, 11) is 1.65. The zero-order valence-corrected chi connectivity index (χ0v) is 13.4. The average molecular weight is 310 g/mol. The number of methoxy groups -OCH3 is 1. The van der Waals surface area contributed by atoms with Gasteiger partial charge in [-0.05, 0) is 23.6 Å². The van der Waals surface area contributed by atoms with Gasteiger partial charge in [-0.15, -0.1) is 0 Å². The van der Waals surface area contributed by atoms with Gasteiger partial charge in [0.2, 0.25) is 11.7 Å². The highest BCUT2D eigenvalue weighted by atomic mass is 35.5. The Hall–Kier alpha value is -1.59. The molecule has 2 rings (SSSR count). The van der Waals surface area contributed by atoms with E-state index in [1.54, 1.807) is 7.11 Å². The lowest BCUT2D eigenvalue weighted by atomic mass is 9.88. The maximum atomic E-state index is 5.93. The van der Waals surface area contributed by atoms with Crippen LogP contribution in [0, 0.1) is 5.41 Å². The zero-order chi connectivity index (χ0) is 15.5. The highest BCUT2D eigenvalue weighted by molar-refractivity contribution is 6.30. The molecule has 0 aliphatic heterocycles. The fraction of sp³-hybridized carbons (Fsp3) is 0.467. The lowest BCUT2D eigenvalue weighted by molar-refractivity contribution is 0.00718. The maximum Gasteiger partial charge on any atom is 0.246 e. The summed E-state index contributed by atoms with van der Waals surface area (Å²) in [5.74, 6) is 1.07. The number of hydrogen-bond acceptors (Lipinski definition) is 5. The van der Waals surface area contributed by atoms with Crippen LogP contribution in [0.5, 0.6) is 0 Å². The van der Waals surface area contributed by atoms with Crippen molar-refractivity contribution in [2.75, 3.05) is 12.4 Å². The van der Waals surface area contributed by atoms with E-state index in [0.717, 1.165) is 5.69 Å². The Labute approximate surface area is 129 Å². The van der Waals surface area contributed by atoms with Crippen molar-refractivity contribution in [3.05, 3.63) is 41.0 Å². The summed E-state index contributed by atoms with van der Waals surface area (Å²) in [5.41, 5.74) is 0.803. The smallest absolute Gasteiger partial charge is 0.246 e. The van der Waals surface area contributed by atoms with Gasteiger partial charge in [0.1, 0.15) is 6.10 Å². The van der Waals surface area contributed by atoms with Crippen molar-refractivity contribution < 1.29 is 9.26 Å². The molecule has 0 bridgehead atoms. The molecule has 2 aromatic rings. The largest absolute Gasteiger partial charge is 0.376 e. The Kier molecular flexibility index (Phi) is 4.85. The second-order valence-electron chi connectivity index (χ2n) is 5.89. The molecule has 1 N–H and O–H groups in total. The molecular formula is C15H20ClN3O2. The summed E-state index contributed by atoms with van der Waals surface area (Å²) >= 11 is 5.93. The molecule has 0 fully saturated rings. The van der Waals surface area contributed by atoms with Crippen LogP contribution in [-0.2, 0) is 11.3 Å². The van der Waals surface area contributed by atoms with E-state index in [4.69, 9.17) is 20.9 Å². The van der Waals surface area contributed by atoms with Gasteiger partial charge < -0.3 is 14.6 Å². The van der Waals surface area contributed by atoms with Crippen molar-refractivity contribution in [1.82, 2.24) is 10.1 Å². The molecule has 0 aliphatic rings. The third kappa shape index (κ3) is 4.19. The Morgan fingerprint density at radius 1 is 1.38 bits per heavy atom. The van der Waals surface area contributed by atoms with Crippen molar-refractivity contribution >= 4 is 17.3 Å². The molecule has 0 amide bonds. The molecule has 6 heteroatoms. The van der Waals surface area contributed by atoms with Gasteiger partial charge >= 0.3 is 0 Å². The Bertz CT molecular complexity index is 593. The van der Waals surface area contributed by atoms with Crippen LogP contribution in [0.15, 0.2) is 28.8 Å². The van der Waals surface area contributed by atoms with Crippen molar-refractivity contribution in [1.29, 1.82) is 0 Å². The summed E-state index contributed by atoms with van der Waals surface area (Å²) < 4.78 is 10.7. The highest BCUT2D eigenvalue weighted by Gasteiger charge is 2.30. The standard InChI is InChI=1S/C15H20ClN3O2/c1-15(2,3)13(20-4)14-18-12(21-19-14)9-17-11-7-5-6-10(16)8-11/h5-8,13,17H,9H2,1-4H3. The van der Waals surface area contributed by atoms with Crippen LogP contribution in [0.4, 0.5) is 5.69 Å². The molecule has 0 saturated heterocycles. The molecule has 1 aromatic carbocycles. The zero-order valence-electron chi connectivity index (χ0n) is 12.7. The van der Waals surface area contributed by atoms with Crippen molar-refractivity contribution in [2.45, 2.75) is 33.4 Å². The predicted molar refractivity (Wildman–Crippen MR) is 82.3 cm³/mol. The first-order valence-corrected chi connectivity index (χ1v) is 7.12. The number of rotatable bonds is 5. The molecule has 21 heavy (non-hydrogen) atoms. The van der Waals surface area contributed by atoms with E-state index in [0.29, 0.717) is 23.3 Å². The van der Waals surface area contributed by atoms with Crippen molar-refractivity contribution in [2.24, 2.45) is 5.41 Å². The maximum absolute atomic E-state index is 5.93. The third-order valence-electron chi connectivity index (χ3n) is 3.01. The number of anilines is 1. The van der Waals surface area contributed by atoms with Crippen LogP contribution in [0.3, 0.4) is 0 Å². The SMILES string of the molecule is COC(c1noc(CNc2cccc(Cl)c2)n1)C(C)(C)C. The molecule has 0 aliphatic carbocycles. The summed E-state index contributed by atoms with van der Waals surface area (Å²) in [6.45, 7) is 6.65. The van der Waals surface area contributed by atoms with Crippen molar-refractivity contribution in [3.63, 3.8) is 0 Å². The lowest BCUT2D eigenvalue weighted by Crippen LogP contribution is -2.21. The summed E-state index contributed by atoms with van der Waals surface area (Å²) in [6.07, 6.45) is -0.207. The van der Waals surface area contributed by atoms with E-state index in [1.807, 2.05) is 24.3 Å². The topological polar surface area (TPSA) is 60.2 Å². The predicted octanol–water partition coefficient (Wildman–Crippen LogP) is 4.07. The first kappa shape index (κ1) is 15.8. The Morgan fingerprint density at radius 2 is 2.14 bits per heavy atom. The van der Waals surface area contributed by atoms with Crippen LogP contribution < -0.4 is 5.32 Å². The minimum atomic E-state index is -0.207. The number of halogens is 1. The van der Waals surface area contributed by atoms with Gasteiger partial charge in [0.05, 0.1) is 6.54 Å². The van der Waals surface area contributed by atoms with E-state index in [1.165, 1.54) is 0 Å². The average Bonchev–Trinajstić information content (AvgIpc) is 2.84. The molecule has 5 nitrogen and oxygen atoms in total. The van der Waals surface area contributed by atoms with Gasteiger partial charge in [0, 0.05) is 17.8 Å². The Morgan fingerprint density at radius 3 is 2.76 bits per heavy atom. The van der Waals surface area contributed by atoms with Crippen LogP contribution in [0.25, 0.3) is 0 Å². The summed E-state index contributed by atoms with van der Waals surface area (Å²) in [4.78, 5) is 4.39. The monoisotopic (exact) mass is 309 g/mol. The van der Waals surface area contributed by atoms with E-state index in [-0.39, 0.29) is 11.5 Å². The fourth-order valence-electron chi connectivity index (χ4n) is 2.07. The molecule has 1 aromatic heterocycles. The molecule has 1 unspecified atom stereocenters. The van der Waals surface area contributed by atoms with Crippen LogP contribution in [-0.4, -0.2) is 17.3 Å². The van der Waals surface area contributed by atoms with E-state index >= 15 is 0 Å². The van der Waals surface area contributed by atoms with E-state index < -0.39 is 0 Å². The third-order valence-corrected chi connectivity index (χ3v) is 3.24. The first-order chi connectivity index (χ1) is 9.90. The Balaban J connectivity index is 2.03. The molecule has 0 saturated carbocycles. The van der Waals surface area contributed by atoms with Crippen LogP contribution in [0.1, 0.15) is 38.6 Å². The van der Waals surface area contributed by atoms with Crippen LogP contribution in [0.2, 0.25) is 5.02 Å².